The molecule has 3 aliphatic rings. The lowest BCUT2D eigenvalue weighted by Gasteiger charge is -2.40. The minimum atomic E-state index is -2.14. The Hall–Kier alpha value is -2.47. The average Bonchev–Trinajstić information content (AvgIpc) is 3.30. The Morgan fingerprint density at radius 3 is 2.81 bits per heavy atom. The van der Waals surface area contributed by atoms with Crippen molar-refractivity contribution in [1.82, 2.24) is 4.58 Å². The Morgan fingerprint density at radius 1 is 1.19 bits per heavy atom. The van der Waals surface area contributed by atoms with E-state index in [1.54, 1.807) is 0 Å². The third kappa shape index (κ3) is 3.06. The molecule has 3 heterocycles. The molecule has 1 unspecified atom stereocenters. The minimum Gasteiger partial charge on any atom is -0.468 e. The highest BCUT2D eigenvalue weighted by molar-refractivity contribution is 7.04. The van der Waals surface area contributed by atoms with E-state index in [2.05, 4.69) is 61.7 Å². The molecular weight excluding hydrogens is 402 g/mol. The summed E-state index contributed by atoms with van der Waals surface area (Å²) < 4.78 is 7.49. The molecule has 0 saturated heterocycles. The summed E-state index contributed by atoms with van der Waals surface area (Å²) in [5.41, 5.74) is 5.92. The standard InChI is InChI=1S/C25H32N3O2Si/c1-17(2)31(11-5-10-30-16-29)24-14-22-18(6-8-27(22)3)12-20(24)26-21-13-19-7-9-28(4)23(19)15-25(21)31/h12-17H,5-11H2,1-4H3/q+1. The topological polar surface area (TPSA) is 44.9 Å². The lowest BCUT2D eigenvalue weighted by Crippen LogP contribution is -2.67. The zero-order valence-corrected chi connectivity index (χ0v) is 20.1. The number of hydrogen-bond acceptors (Lipinski definition) is 4. The third-order valence-corrected chi connectivity index (χ3v) is 13.6. The van der Waals surface area contributed by atoms with E-state index in [0.717, 1.165) is 38.4 Å². The van der Waals surface area contributed by atoms with Gasteiger partial charge in [0.2, 0.25) is 5.36 Å². The van der Waals surface area contributed by atoms with Gasteiger partial charge in [0.25, 0.3) is 6.47 Å². The maximum Gasteiger partial charge on any atom is 0.293 e. The number of likely N-dealkylation sites (N-methyl/N-ethyl adjacent to an activating group) is 2. The Labute approximate surface area is 185 Å². The van der Waals surface area contributed by atoms with Gasteiger partial charge in [-0.3, -0.25) is 4.79 Å². The second-order valence-corrected chi connectivity index (χ2v) is 14.3. The SMILES string of the molecule is CC(C)[Si]1(CCCOC=O)c2cc3c(cc2N=c2cc4c(cc21)=[N+](C)CC4)CCN3C. The fourth-order valence-electron chi connectivity index (χ4n) is 6.01. The Kier molecular flexibility index (Phi) is 5.00. The fourth-order valence-corrected chi connectivity index (χ4v) is 11.3. The molecule has 0 spiro atoms. The molecule has 5 nitrogen and oxygen atoms in total. The van der Waals surface area contributed by atoms with Gasteiger partial charge in [-0.15, -0.1) is 0 Å². The van der Waals surface area contributed by atoms with Crippen LogP contribution in [0.15, 0.2) is 29.3 Å². The van der Waals surface area contributed by atoms with Crippen molar-refractivity contribution in [2.45, 2.75) is 44.7 Å². The first-order chi connectivity index (χ1) is 15.0. The quantitative estimate of drug-likeness (QED) is 0.297. The number of benzene rings is 2. The molecule has 0 fully saturated rings. The predicted octanol–water partition coefficient (Wildman–Crippen LogP) is 1.16. The van der Waals surface area contributed by atoms with Crippen molar-refractivity contribution in [3.05, 3.63) is 46.1 Å². The summed E-state index contributed by atoms with van der Waals surface area (Å²) in [4.78, 5) is 18.4. The van der Waals surface area contributed by atoms with Crippen LogP contribution in [-0.4, -0.2) is 48.3 Å². The van der Waals surface area contributed by atoms with Crippen LogP contribution in [-0.2, 0) is 22.4 Å². The van der Waals surface area contributed by atoms with E-state index in [4.69, 9.17) is 9.73 Å². The van der Waals surface area contributed by atoms with E-state index in [9.17, 15) is 4.79 Å². The van der Waals surface area contributed by atoms with E-state index >= 15 is 0 Å². The van der Waals surface area contributed by atoms with Gasteiger partial charge >= 0.3 is 0 Å². The molecule has 0 aliphatic carbocycles. The molecule has 0 amide bonds. The predicted molar refractivity (Wildman–Crippen MR) is 128 cm³/mol. The van der Waals surface area contributed by atoms with Gasteiger partial charge in [0.05, 0.1) is 17.7 Å². The summed E-state index contributed by atoms with van der Waals surface area (Å²) in [6.07, 6.45) is 3.08. The Bertz CT molecular complexity index is 1190. The highest BCUT2D eigenvalue weighted by Gasteiger charge is 2.46. The Balaban J connectivity index is 1.79. The number of carbonyl (C=O) groups excluding carboxylic acids is 1. The summed E-state index contributed by atoms with van der Waals surface area (Å²) in [7, 11) is 2.26. The van der Waals surface area contributed by atoms with Crippen LogP contribution in [0.25, 0.3) is 0 Å². The molecule has 2 aromatic carbocycles. The second-order valence-electron chi connectivity index (χ2n) is 9.65. The average molecular weight is 435 g/mol. The van der Waals surface area contributed by atoms with Crippen LogP contribution in [0.2, 0.25) is 11.6 Å². The first-order valence-corrected chi connectivity index (χ1v) is 13.8. The van der Waals surface area contributed by atoms with Crippen molar-refractivity contribution in [3.63, 3.8) is 0 Å². The largest absolute Gasteiger partial charge is 0.468 e. The number of anilines is 1. The van der Waals surface area contributed by atoms with Gasteiger partial charge in [0, 0.05) is 37.3 Å². The first-order valence-electron chi connectivity index (χ1n) is 11.5. The smallest absolute Gasteiger partial charge is 0.293 e. The van der Waals surface area contributed by atoms with Crippen LogP contribution in [0.3, 0.4) is 0 Å². The molecule has 162 valence electrons. The monoisotopic (exact) mass is 434 g/mol. The molecule has 0 saturated carbocycles. The molecule has 2 aromatic rings. The number of hydrogen-bond donors (Lipinski definition) is 0. The Morgan fingerprint density at radius 2 is 2.03 bits per heavy atom. The van der Waals surface area contributed by atoms with E-state index < -0.39 is 8.07 Å². The highest BCUT2D eigenvalue weighted by Crippen LogP contribution is 2.36. The van der Waals surface area contributed by atoms with Crippen LogP contribution < -0.4 is 30.6 Å². The molecule has 0 bridgehead atoms. The zero-order chi connectivity index (χ0) is 21.8. The number of fused-ring (bicyclic) bond motifs is 4. The van der Waals surface area contributed by atoms with Crippen LogP contribution >= 0.6 is 0 Å². The second kappa shape index (κ2) is 7.59. The molecule has 0 N–H and O–H groups in total. The summed E-state index contributed by atoms with van der Waals surface area (Å²) >= 11 is 0. The molecule has 0 aromatic heterocycles. The first kappa shape index (κ1) is 20.4. The van der Waals surface area contributed by atoms with Crippen LogP contribution in [0.4, 0.5) is 11.4 Å². The van der Waals surface area contributed by atoms with Crippen molar-refractivity contribution in [2.75, 3.05) is 38.7 Å². The minimum absolute atomic E-state index is 0.489. The lowest BCUT2D eigenvalue weighted by molar-refractivity contribution is -0.128. The number of nitrogens with zero attached hydrogens (tertiary/aromatic N) is 3. The van der Waals surface area contributed by atoms with Crippen LogP contribution in [0.1, 0.15) is 31.4 Å². The van der Waals surface area contributed by atoms with Gasteiger partial charge in [-0.05, 0) is 58.6 Å². The van der Waals surface area contributed by atoms with Gasteiger partial charge in [0.1, 0.15) is 21.7 Å². The maximum absolute atomic E-state index is 10.8. The van der Waals surface area contributed by atoms with Gasteiger partial charge < -0.3 is 9.64 Å². The van der Waals surface area contributed by atoms with E-state index in [-0.39, 0.29) is 0 Å². The highest BCUT2D eigenvalue weighted by atomic mass is 28.3. The van der Waals surface area contributed by atoms with Gasteiger partial charge in [0.15, 0.2) is 0 Å². The van der Waals surface area contributed by atoms with Gasteiger partial charge in [-0.1, -0.05) is 13.8 Å². The molecule has 3 aliphatic heterocycles. The maximum atomic E-state index is 10.8. The molecule has 1 atom stereocenters. The summed E-state index contributed by atoms with van der Waals surface area (Å²) in [6, 6.07) is 10.7. The van der Waals surface area contributed by atoms with Gasteiger partial charge in [-0.2, -0.15) is 0 Å². The number of ether oxygens (including phenoxy) is 1. The van der Waals surface area contributed by atoms with E-state index in [0.29, 0.717) is 18.6 Å². The number of carbonyl (C=O) groups is 1. The summed E-state index contributed by atoms with van der Waals surface area (Å²) in [6.45, 7) is 7.99. The third-order valence-electron chi connectivity index (χ3n) is 7.74. The van der Waals surface area contributed by atoms with Crippen molar-refractivity contribution in [3.8, 4) is 0 Å². The fraction of sp³-hybridized carbons (Fsp3) is 0.480. The van der Waals surface area contributed by atoms with Crippen molar-refractivity contribution in [1.29, 1.82) is 0 Å². The van der Waals surface area contributed by atoms with Crippen LogP contribution in [0, 0.1) is 0 Å². The normalized spacial score (nSPS) is 20.8. The molecule has 0 radical (unpaired) electrons. The van der Waals surface area contributed by atoms with E-state index in [1.807, 2.05) is 0 Å². The van der Waals surface area contributed by atoms with Crippen molar-refractivity contribution >= 4 is 36.3 Å². The molecule has 5 rings (SSSR count). The van der Waals surface area contributed by atoms with Crippen LogP contribution in [0.5, 0.6) is 0 Å². The van der Waals surface area contributed by atoms with E-state index in [1.165, 1.54) is 43.6 Å². The molecular formula is C25H32N3O2Si+. The summed E-state index contributed by atoms with van der Waals surface area (Å²) in [5, 5.41) is 5.49. The lowest BCUT2D eigenvalue weighted by atomic mass is 10.1. The van der Waals surface area contributed by atoms with Crippen molar-refractivity contribution in [2.24, 2.45) is 4.99 Å². The summed E-state index contributed by atoms with van der Waals surface area (Å²) in [5.74, 6) is 0. The molecule has 6 heteroatoms. The van der Waals surface area contributed by atoms with Gasteiger partial charge in [-0.25, -0.2) is 9.57 Å². The number of rotatable bonds is 6. The van der Waals surface area contributed by atoms with Crippen molar-refractivity contribution < 1.29 is 9.53 Å². The zero-order valence-electron chi connectivity index (χ0n) is 19.1. The molecule has 31 heavy (non-hydrogen) atoms.